The molecule has 0 aliphatic heterocycles. The summed E-state index contributed by atoms with van der Waals surface area (Å²) in [5.74, 6) is 2.28. The van der Waals surface area contributed by atoms with Crippen LogP contribution in [0.4, 0.5) is 5.82 Å². The standard InChI is InChI=1S/C17H29N3O/c1-5-11-18-16-13-9-7-8-10-14(13)19-17(20-16)15(12(3)4)21-6-2/h12,15H,5-11H2,1-4H3,(H,18,19,20). The Hall–Kier alpha value is -1.16. The number of aryl methyl sites for hydroxylation is 1. The van der Waals surface area contributed by atoms with Crippen LogP contribution in [0.5, 0.6) is 0 Å². The van der Waals surface area contributed by atoms with Gasteiger partial charge in [0.25, 0.3) is 0 Å². The van der Waals surface area contributed by atoms with E-state index in [2.05, 4.69) is 26.1 Å². The number of anilines is 1. The molecule has 0 radical (unpaired) electrons. The molecule has 0 saturated carbocycles. The summed E-state index contributed by atoms with van der Waals surface area (Å²) < 4.78 is 5.89. The minimum Gasteiger partial charge on any atom is -0.370 e. The molecule has 1 atom stereocenters. The molecule has 0 amide bonds. The molecule has 0 spiro atoms. The van der Waals surface area contributed by atoms with Gasteiger partial charge < -0.3 is 10.1 Å². The van der Waals surface area contributed by atoms with Gasteiger partial charge in [-0.05, 0) is 44.9 Å². The van der Waals surface area contributed by atoms with E-state index in [1.165, 1.54) is 24.1 Å². The molecule has 1 aromatic rings. The zero-order valence-corrected chi connectivity index (χ0v) is 13.9. The summed E-state index contributed by atoms with van der Waals surface area (Å²) in [5, 5.41) is 3.49. The number of rotatable bonds is 7. The molecule has 1 aliphatic carbocycles. The first-order chi connectivity index (χ1) is 10.2. The largest absolute Gasteiger partial charge is 0.370 e. The first kappa shape index (κ1) is 16.2. The number of nitrogens with zero attached hydrogens (tertiary/aromatic N) is 2. The van der Waals surface area contributed by atoms with Gasteiger partial charge in [-0.15, -0.1) is 0 Å². The van der Waals surface area contributed by atoms with Crippen molar-refractivity contribution in [3.8, 4) is 0 Å². The lowest BCUT2D eigenvalue weighted by Gasteiger charge is -2.24. The van der Waals surface area contributed by atoms with Crippen molar-refractivity contribution in [2.24, 2.45) is 5.92 Å². The molecule has 2 rings (SSSR count). The van der Waals surface area contributed by atoms with Gasteiger partial charge in [0.05, 0.1) is 0 Å². The minimum absolute atomic E-state index is 0.00981. The minimum atomic E-state index is -0.00981. The summed E-state index contributed by atoms with van der Waals surface area (Å²) in [6, 6.07) is 0. The molecular formula is C17H29N3O. The van der Waals surface area contributed by atoms with E-state index in [4.69, 9.17) is 14.7 Å². The molecule has 0 aromatic carbocycles. The Morgan fingerprint density at radius 1 is 1.14 bits per heavy atom. The summed E-state index contributed by atoms with van der Waals surface area (Å²) in [6.07, 6.45) is 5.75. The van der Waals surface area contributed by atoms with E-state index in [0.717, 1.165) is 37.4 Å². The van der Waals surface area contributed by atoms with Crippen molar-refractivity contribution in [1.82, 2.24) is 9.97 Å². The van der Waals surface area contributed by atoms with Crippen LogP contribution in [0.3, 0.4) is 0 Å². The summed E-state index contributed by atoms with van der Waals surface area (Å²) >= 11 is 0. The van der Waals surface area contributed by atoms with Crippen LogP contribution in [0, 0.1) is 5.92 Å². The molecule has 1 aliphatic rings. The van der Waals surface area contributed by atoms with Gasteiger partial charge in [0.15, 0.2) is 5.82 Å². The normalized spacial score (nSPS) is 15.9. The lowest BCUT2D eigenvalue weighted by atomic mass is 9.95. The second-order valence-corrected chi connectivity index (χ2v) is 6.11. The summed E-state index contributed by atoms with van der Waals surface area (Å²) in [5.41, 5.74) is 2.56. The molecule has 1 aromatic heterocycles. The molecule has 21 heavy (non-hydrogen) atoms. The lowest BCUT2D eigenvalue weighted by Crippen LogP contribution is -2.20. The van der Waals surface area contributed by atoms with E-state index in [-0.39, 0.29) is 6.10 Å². The van der Waals surface area contributed by atoms with E-state index in [1.807, 2.05) is 6.92 Å². The van der Waals surface area contributed by atoms with E-state index < -0.39 is 0 Å². The van der Waals surface area contributed by atoms with Gasteiger partial charge in [-0.25, -0.2) is 9.97 Å². The number of nitrogens with one attached hydrogen (secondary N) is 1. The van der Waals surface area contributed by atoms with Crippen LogP contribution >= 0.6 is 0 Å². The first-order valence-electron chi connectivity index (χ1n) is 8.42. The Kier molecular flexibility index (Phi) is 5.97. The Morgan fingerprint density at radius 2 is 1.90 bits per heavy atom. The Morgan fingerprint density at radius 3 is 2.57 bits per heavy atom. The molecule has 118 valence electrons. The van der Waals surface area contributed by atoms with Gasteiger partial charge in [-0.3, -0.25) is 0 Å². The highest BCUT2D eigenvalue weighted by Crippen LogP contribution is 2.30. The van der Waals surface area contributed by atoms with Gasteiger partial charge in [0, 0.05) is 24.4 Å². The molecule has 0 saturated heterocycles. The van der Waals surface area contributed by atoms with E-state index in [1.54, 1.807) is 0 Å². The fourth-order valence-electron chi connectivity index (χ4n) is 2.87. The molecule has 4 heteroatoms. The summed E-state index contributed by atoms with van der Waals surface area (Å²) in [4.78, 5) is 9.66. The molecule has 0 fully saturated rings. The van der Waals surface area contributed by atoms with Crippen LogP contribution < -0.4 is 5.32 Å². The third-order valence-corrected chi connectivity index (χ3v) is 3.95. The summed E-state index contributed by atoms with van der Waals surface area (Å²) in [7, 11) is 0. The van der Waals surface area contributed by atoms with Crippen LogP contribution in [-0.2, 0) is 17.6 Å². The molecule has 0 bridgehead atoms. The van der Waals surface area contributed by atoms with Crippen LogP contribution in [0.15, 0.2) is 0 Å². The van der Waals surface area contributed by atoms with E-state index in [9.17, 15) is 0 Å². The average molecular weight is 291 g/mol. The fraction of sp³-hybridized carbons (Fsp3) is 0.765. The van der Waals surface area contributed by atoms with Gasteiger partial charge in [0.1, 0.15) is 11.9 Å². The van der Waals surface area contributed by atoms with Gasteiger partial charge in [-0.1, -0.05) is 20.8 Å². The number of hydrogen-bond acceptors (Lipinski definition) is 4. The molecule has 1 N–H and O–H groups in total. The van der Waals surface area contributed by atoms with Crippen molar-refractivity contribution >= 4 is 5.82 Å². The highest BCUT2D eigenvalue weighted by atomic mass is 16.5. The van der Waals surface area contributed by atoms with Crippen molar-refractivity contribution in [2.45, 2.75) is 65.9 Å². The van der Waals surface area contributed by atoms with Crippen LogP contribution in [0.1, 0.15) is 70.1 Å². The van der Waals surface area contributed by atoms with Crippen molar-refractivity contribution in [3.63, 3.8) is 0 Å². The Labute approximate surface area is 128 Å². The predicted octanol–water partition coefficient (Wildman–Crippen LogP) is 3.91. The van der Waals surface area contributed by atoms with Crippen LogP contribution in [0.2, 0.25) is 0 Å². The number of aromatic nitrogens is 2. The number of hydrogen-bond donors (Lipinski definition) is 1. The zero-order chi connectivity index (χ0) is 15.2. The average Bonchev–Trinajstić information content (AvgIpc) is 2.49. The van der Waals surface area contributed by atoms with Gasteiger partial charge in [0.2, 0.25) is 0 Å². The second-order valence-electron chi connectivity index (χ2n) is 6.11. The van der Waals surface area contributed by atoms with Crippen molar-refractivity contribution in [2.75, 3.05) is 18.5 Å². The van der Waals surface area contributed by atoms with Crippen molar-refractivity contribution in [1.29, 1.82) is 0 Å². The quantitative estimate of drug-likeness (QED) is 0.827. The molecule has 1 heterocycles. The highest BCUT2D eigenvalue weighted by Gasteiger charge is 2.24. The van der Waals surface area contributed by atoms with Crippen LogP contribution in [-0.4, -0.2) is 23.1 Å². The third-order valence-electron chi connectivity index (χ3n) is 3.95. The zero-order valence-electron chi connectivity index (χ0n) is 13.9. The molecule has 1 unspecified atom stereocenters. The van der Waals surface area contributed by atoms with Gasteiger partial charge in [-0.2, -0.15) is 0 Å². The first-order valence-corrected chi connectivity index (χ1v) is 8.42. The topological polar surface area (TPSA) is 47.0 Å². The van der Waals surface area contributed by atoms with Gasteiger partial charge >= 0.3 is 0 Å². The maximum absolute atomic E-state index is 5.89. The highest BCUT2D eigenvalue weighted by molar-refractivity contribution is 5.48. The monoisotopic (exact) mass is 291 g/mol. The lowest BCUT2D eigenvalue weighted by molar-refractivity contribution is 0.0231. The third kappa shape index (κ3) is 3.94. The smallest absolute Gasteiger partial charge is 0.160 e. The maximum atomic E-state index is 5.89. The predicted molar refractivity (Wildman–Crippen MR) is 86.7 cm³/mol. The molecular weight excluding hydrogens is 262 g/mol. The maximum Gasteiger partial charge on any atom is 0.160 e. The van der Waals surface area contributed by atoms with Crippen LogP contribution in [0.25, 0.3) is 0 Å². The van der Waals surface area contributed by atoms with Crippen molar-refractivity contribution in [3.05, 3.63) is 17.1 Å². The second kappa shape index (κ2) is 7.74. The van der Waals surface area contributed by atoms with Crippen molar-refractivity contribution < 1.29 is 4.74 Å². The number of ether oxygens (including phenoxy) is 1. The SMILES string of the molecule is CCCNc1nc(C(OCC)C(C)C)nc2c1CCCC2. The Bertz CT molecular complexity index is 460. The summed E-state index contributed by atoms with van der Waals surface area (Å²) in [6.45, 7) is 10.2. The Balaban J connectivity index is 2.36. The van der Waals surface area contributed by atoms with E-state index in [0.29, 0.717) is 12.5 Å². The molecule has 4 nitrogen and oxygen atoms in total. The van der Waals surface area contributed by atoms with E-state index >= 15 is 0 Å². The number of fused-ring (bicyclic) bond motifs is 1. The fourth-order valence-corrected chi connectivity index (χ4v) is 2.87.